The van der Waals surface area contributed by atoms with Crippen molar-refractivity contribution in [3.8, 4) is 5.75 Å². The summed E-state index contributed by atoms with van der Waals surface area (Å²) in [7, 11) is 1.53. The molecule has 1 atom stereocenters. The molecule has 0 aliphatic rings. The SMILES string of the molecule is COc1cccc(C(C)(CC(=O)O)NC(=O)c2cc(C)c(C)cc2Cl)c1. The summed E-state index contributed by atoms with van der Waals surface area (Å²) in [4.78, 5) is 24.3. The number of carbonyl (C=O) groups is 2. The van der Waals surface area contributed by atoms with Gasteiger partial charge in [-0.15, -0.1) is 0 Å². The minimum Gasteiger partial charge on any atom is -0.497 e. The molecule has 0 aliphatic heterocycles. The van der Waals surface area contributed by atoms with Gasteiger partial charge in [-0.2, -0.15) is 0 Å². The number of aliphatic carboxylic acids is 1. The standard InChI is InChI=1S/C20H22ClNO4/c1-12-8-16(17(21)9-13(12)2)19(25)22-20(3,11-18(23)24)14-6-5-7-15(10-14)26-4/h5-10H,11H2,1-4H3,(H,22,25)(H,23,24). The number of benzene rings is 2. The van der Waals surface area contributed by atoms with Crippen molar-refractivity contribution in [2.24, 2.45) is 0 Å². The van der Waals surface area contributed by atoms with Gasteiger partial charge in [0.05, 0.1) is 29.7 Å². The maximum atomic E-state index is 12.8. The van der Waals surface area contributed by atoms with E-state index in [-0.39, 0.29) is 6.42 Å². The molecule has 2 N–H and O–H groups in total. The number of aryl methyl sites for hydroxylation is 2. The third-order valence-electron chi connectivity index (χ3n) is 4.43. The molecule has 26 heavy (non-hydrogen) atoms. The van der Waals surface area contributed by atoms with Crippen LogP contribution in [0.4, 0.5) is 0 Å². The maximum absolute atomic E-state index is 12.8. The fourth-order valence-electron chi connectivity index (χ4n) is 2.76. The van der Waals surface area contributed by atoms with Crippen molar-refractivity contribution in [1.82, 2.24) is 5.32 Å². The van der Waals surface area contributed by atoms with Gasteiger partial charge in [0.25, 0.3) is 5.91 Å². The Bertz CT molecular complexity index is 850. The van der Waals surface area contributed by atoms with Gasteiger partial charge >= 0.3 is 5.97 Å². The van der Waals surface area contributed by atoms with Gasteiger partial charge in [0.1, 0.15) is 5.75 Å². The molecule has 1 unspecified atom stereocenters. The molecule has 2 aromatic carbocycles. The monoisotopic (exact) mass is 375 g/mol. The zero-order valence-electron chi connectivity index (χ0n) is 15.2. The molecule has 0 aromatic heterocycles. The van der Waals surface area contributed by atoms with Crippen molar-refractivity contribution in [2.45, 2.75) is 32.7 Å². The Labute approximate surface area is 157 Å². The van der Waals surface area contributed by atoms with Crippen molar-refractivity contribution < 1.29 is 19.4 Å². The molecule has 0 radical (unpaired) electrons. The first-order chi connectivity index (χ1) is 12.2. The maximum Gasteiger partial charge on any atom is 0.306 e. The zero-order valence-corrected chi connectivity index (χ0v) is 16.0. The molecule has 138 valence electrons. The number of nitrogens with one attached hydrogen (secondary N) is 1. The van der Waals surface area contributed by atoms with E-state index >= 15 is 0 Å². The molecule has 5 nitrogen and oxygen atoms in total. The van der Waals surface area contributed by atoms with Gasteiger partial charge in [-0.3, -0.25) is 9.59 Å². The molecule has 2 aromatic rings. The smallest absolute Gasteiger partial charge is 0.306 e. The molecular weight excluding hydrogens is 354 g/mol. The molecule has 0 saturated carbocycles. The Morgan fingerprint density at radius 2 is 1.85 bits per heavy atom. The lowest BCUT2D eigenvalue weighted by Gasteiger charge is -2.30. The molecule has 0 saturated heterocycles. The summed E-state index contributed by atoms with van der Waals surface area (Å²) in [6.07, 6.45) is -0.283. The number of amides is 1. The lowest BCUT2D eigenvalue weighted by atomic mass is 9.88. The summed E-state index contributed by atoms with van der Waals surface area (Å²) in [5, 5.41) is 12.5. The highest BCUT2D eigenvalue weighted by atomic mass is 35.5. The highest BCUT2D eigenvalue weighted by Gasteiger charge is 2.32. The summed E-state index contributed by atoms with van der Waals surface area (Å²) < 4.78 is 5.21. The van der Waals surface area contributed by atoms with Crippen molar-refractivity contribution in [2.75, 3.05) is 7.11 Å². The number of hydrogen-bond donors (Lipinski definition) is 2. The minimum absolute atomic E-state index is 0.283. The van der Waals surface area contributed by atoms with Crippen LogP contribution in [-0.4, -0.2) is 24.1 Å². The van der Waals surface area contributed by atoms with Crippen LogP contribution in [0.3, 0.4) is 0 Å². The van der Waals surface area contributed by atoms with Gasteiger partial charge in [-0.1, -0.05) is 23.7 Å². The normalized spacial score (nSPS) is 13.0. The van der Waals surface area contributed by atoms with Gasteiger partial charge in [0, 0.05) is 0 Å². The van der Waals surface area contributed by atoms with Crippen LogP contribution in [0, 0.1) is 13.8 Å². The Kier molecular flexibility index (Phi) is 5.93. The average Bonchev–Trinajstić information content (AvgIpc) is 2.57. The van der Waals surface area contributed by atoms with E-state index in [0.717, 1.165) is 11.1 Å². The van der Waals surface area contributed by atoms with E-state index in [9.17, 15) is 14.7 Å². The molecule has 1 amide bonds. The van der Waals surface area contributed by atoms with Crippen molar-refractivity contribution in [3.05, 3.63) is 63.7 Å². The molecule has 0 heterocycles. The highest BCUT2D eigenvalue weighted by molar-refractivity contribution is 6.34. The average molecular weight is 376 g/mol. The molecular formula is C20H22ClNO4. The first kappa shape index (κ1) is 19.8. The van der Waals surface area contributed by atoms with Crippen LogP contribution in [0.5, 0.6) is 5.75 Å². The summed E-state index contributed by atoms with van der Waals surface area (Å²) >= 11 is 6.23. The van der Waals surface area contributed by atoms with Gasteiger partial charge < -0.3 is 15.2 Å². The topological polar surface area (TPSA) is 75.6 Å². The molecule has 0 spiro atoms. The van der Waals surface area contributed by atoms with E-state index in [2.05, 4.69) is 5.32 Å². The predicted molar refractivity (Wildman–Crippen MR) is 101 cm³/mol. The van der Waals surface area contributed by atoms with Gasteiger partial charge in [0.15, 0.2) is 0 Å². The van der Waals surface area contributed by atoms with Gasteiger partial charge in [0.2, 0.25) is 0 Å². The minimum atomic E-state index is -1.13. The molecule has 6 heteroatoms. The van der Waals surface area contributed by atoms with E-state index in [0.29, 0.717) is 21.9 Å². The molecule has 0 bridgehead atoms. The second-order valence-corrected chi connectivity index (χ2v) is 6.91. The third kappa shape index (κ3) is 4.35. The van der Waals surface area contributed by atoms with Crippen LogP contribution >= 0.6 is 11.6 Å². The number of carbonyl (C=O) groups excluding carboxylic acids is 1. The molecule has 0 fully saturated rings. The number of halogens is 1. The van der Waals surface area contributed by atoms with E-state index in [4.69, 9.17) is 16.3 Å². The van der Waals surface area contributed by atoms with Crippen LogP contribution in [0.25, 0.3) is 0 Å². The lowest BCUT2D eigenvalue weighted by molar-refractivity contribution is -0.138. The van der Waals surface area contributed by atoms with Crippen molar-refractivity contribution in [1.29, 1.82) is 0 Å². The summed E-state index contributed by atoms with van der Waals surface area (Å²) in [6.45, 7) is 5.47. The fraction of sp³-hybridized carbons (Fsp3) is 0.300. The van der Waals surface area contributed by atoms with Gasteiger partial charge in [-0.05, 0) is 61.7 Å². The predicted octanol–water partition coefficient (Wildman–Crippen LogP) is 4.09. The summed E-state index contributed by atoms with van der Waals surface area (Å²) in [6, 6.07) is 10.4. The Morgan fingerprint density at radius 1 is 1.19 bits per heavy atom. The van der Waals surface area contributed by atoms with Crippen LogP contribution in [0.2, 0.25) is 5.02 Å². The highest BCUT2D eigenvalue weighted by Crippen LogP contribution is 2.29. The number of hydrogen-bond acceptors (Lipinski definition) is 3. The van der Waals surface area contributed by atoms with E-state index in [1.807, 2.05) is 13.8 Å². The zero-order chi connectivity index (χ0) is 19.5. The molecule has 0 aliphatic carbocycles. The first-order valence-corrected chi connectivity index (χ1v) is 8.49. The Morgan fingerprint density at radius 3 is 2.46 bits per heavy atom. The van der Waals surface area contributed by atoms with Crippen LogP contribution in [0.15, 0.2) is 36.4 Å². The third-order valence-corrected chi connectivity index (χ3v) is 4.74. The number of carboxylic acids is 1. The number of carboxylic acid groups (broad SMARTS) is 1. The van der Waals surface area contributed by atoms with Crippen LogP contribution < -0.4 is 10.1 Å². The van der Waals surface area contributed by atoms with Gasteiger partial charge in [-0.25, -0.2) is 0 Å². The number of rotatable bonds is 6. The van der Waals surface area contributed by atoms with E-state index < -0.39 is 17.4 Å². The lowest BCUT2D eigenvalue weighted by Crippen LogP contribution is -2.45. The summed E-state index contributed by atoms with van der Waals surface area (Å²) in [5.41, 5.74) is 1.73. The van der Waals surface area contributed by atoms with E-state index in [1.54, 1.807) is 43.3 Å². The quantitative estimate of drug-likeness (QED) is 0.797. The first-order valence-electron chi connectivity index (χ1n) is 8.12. The van der Waals surface area contributed by atoms with E-state index in [1.165, 1.54) is 7.11 Å². The fourth-order valence-corrected chi connectivity index (χ4v) is 3.06. The summed E-state index contributed by atoms with van der Waals surface area (Å²) in [5.74, 6) is -0.871. The number of methoxy groups -OCH3 is 1. The van der Waals surface area contributed by atoms with Crippen LogP contribution in [-0.2, 0) is 10.3 Å². The molecule has 2 rings (SSSR count). The van der Waals surface area contributed by atoms with Crippen LogP contribution in [0.1, 0.15) is 40.4 Å². The second kappa shape index (κ2) is 7.79. The number of ether oxygens (including phenoxy) is 1. The second-order valence-electron chi connectivity index (χ2n) is 6.51. The Balaban J connectivity index is 2.43. The van der Waals surface area contributed by atoms with Crippen molar-refractivity contribution >= 4 is 23.5 Å². The Hall–Kier alpha value is -2.53. The van der Waals surface area contributed by atoms with Crippen molar-refractivity contribution in [3.63, 3.8) is 0 Å². The largest absolute Gasteiger partial charge is 0.497 e.